The summed E-state index contributed by atoms with van der Waals surface area (Å²) in [4.78, 5) is 12.4. The topological polar surface area (TPSA) is 41.1 Å². The van der Waals surface area contributed by atoms with E-state index in [4.69, 9.17) is 46.4 Å². The molecule has 14 heteroatoms. The summed E-state index contributed by atoms with van der Waals surface area (Å²) in [6.07, 6.45) is -9.04. The lowest BCUT2D eigenvalue weighted by atomic mass is 9.96. The Morgan fingerprint density at radius 3 is 2.06 bits per heavy atom. The summed E-state index contributed by atoms with van der Waals surface area (Å²) in [5, 5.41) is 3.61. The van der Waals surface area contributed by atoms with Crippen LogP contribution in [0.2, 0.25) is 20.1 Å². The van der Waals surface area contributed by atoms with E-state index in [1.54, 1.807) is 0 Å². The summed E-state index contributed by atoms with van der Waals surface area (Å²) in [7, 11) is 0. The van der Waals surface area contributed by atoms with Gasteiger partial charge in [0.25, 0.3) is 5.91 Å². The lowest BCUT2D eigenvalue weighted by Crippen LogP contribution is -2.42. The normalized spacial score (nSPS) is 14.5. The molecule has 0 aliphatic rings. The van der Waals surface area contributed by atoms with E-state index in [2.05, 4.69) is 10.6 Å². The Bertz CT molecular complexity index is 1110. The molecule has 2 aromatic carbocycles. The number of allylic oxidation sites excluding steroid dienone is 1. The first-order valence-corrected chi connectivity index (χ1v) is 11.5. The SMILES string of the molecule is CC(CNCC(F)(F)F)NC(=O)c1ccc(/C(F)=C/C(c2cc(Cl)c(Cl)c(Cl)c2)C(F)(F)F)cc1Cl. The van der Waals surface area contributed by atoms with Crippen LogP contribution in [0, 0.1) is 0 Å². The van der Waals surface area contributed by atoms with E-state index in [0.717, 1.165) is 30.3 Å². The summed E-state index contributed by atoms with van der Waals surface area (Å²) in [6, 6.07) is 4.18. The van der Waals surface area contributed by atoms with Crippen LogP contribution in [-0.4, -0.2) is 37.4 Å². The highest BCUT2D eigenvalue weighted by atomic mass is 35.5. The Morgan fingerprint density at radius 2 is 1.56 bits per heavy atom. The fraction of sp³-hybridized carbons (Fsp3) is 0.318. The monoisotopic (exact) mass is 598 g/mol. The summed E-state index contributed by atoms with van der Waals surface area (Å²) < 4.78 is 92.5. The van der Waals surface area contributed by atoms with E-state index in [1.807, 2.05) is 0 Å². The van der Waals surface area contributed by atoms with Gasteiger partial charge >= 0.3 is 12.4 Å². The van der Waals surface area contributed by atoms with Crippen LogP contribution in [0.15, 0.2) is 36.4 Å². The van der Waals surface area contributed by atoms with E-state index in [9.17, 15) is 35.5 Å². The van der Waals surface area contributed by atoms with Gasteiger partial charge in [0.15, 0.2) is 0 Å². The number of nitrogens with one attached hydrogen (secondary N) is 2. The van der Waals surface area contributed by atoms with E-state index in [1.165, 1.54) is 6.92 Å². The summed E-state index contributed by atoms with van der Waals surface area (Å²) in [5.41, 5.74) is -0.955. The van der Waals surface area contributed by atoms with Gasteiger partial charge in [-0.2, -0.15) is 26.3 Å². The Kier molecular flexibility index (Phi) is 10.4. The zero-order chi connectivity index (χ0) is 27.4. The standard InChI is InChI=1S/C22H17Cl4F7N2O/c1-10(8-34-9-21(28,29)30)35-20(36)13-3-2-11(4-15(13)23)18(27)7-14(22(31,32)33)12-5-16(24)19(26)17(25)6-12/h2-7,10,14,34H,8-9H2,1H3,(H,35,36)/b18-7-. The molecular formula is C22H17Cl4F7N2O. The van der Waals surface area contributed by atoms with Crippen molar-refractivity contribution in [1.82, 2.24) is 10.6 Å². The zero-order valence-corrected chi connectivity index (χ0v) is 21.1. The predicted octanol–water partition coefficient (Wildman–Crippen LogP) is 8.23. The Hall–Kier alpha value is -1.72. The number of hydrogen-bond acceptors (Lipinski definition) is 2. The van der Waals surface area contributed by atoms with Crippen molar-refractivity contribution in [2.75, 3.05) is 13.1 Å². The molecule has 0 heterocycles. The smallest absolute Gasteiger partial charge is 0.348 e. The van der Waals surface area contributed by atoms with E-state index < -0.39 is 48.2 Å². The van der Waals surface area contributed by atoms with Crippen molar-refractivity contribution in [3.8, 4) is 0 Å². The fourth-order valence-corrected chi connectivity index (χ4v) is 3.89. The molecule has 2 aromatic rings. The predicted molar refractivity (Wildman–Crippen MR) is 127 cm³/mol. The van der Waals surface area contributed by atoms with Crippen LogP contribution >= 0.6 is 46.4 Å². The maximum absolute atomic E-state index is 14.8. The first-order valence-electron chi connectivity index (χ1n) is 9.96. The Balaban J connectivity index is 2.24. The van der Waals surface area contributed by atoms with Crippen molar-refractivity contribution in [2.45, 2.75) is 31.2 Å². The Labute approximate surface area is 221 Å². The van der Waals surface area contributed by atoms with Gasteiger partial charge in [0.1, 0.15) is 11.7 Å². The molecule has 198 valence electrons. The average Bonchev–Trinajstić information content (AvgIpc) is 2.73. The maximum Gasteiger partial charge on any atom is 0.401 e. The number of hydrogen-bond donors (Lipinski definition) is 2. The van der Waals surface area contributed by atoms with Gasteiger partial charge in [-0.1, -0.05) is 52.5 Å². The number of rotatable bonds is 8. The van der Waals surface area contributed by atoms with Crippen molar-refractivity contribution in [2.24, 2.45) is 0 Å². The second-order valence-electron chi connectivity index (χ2n) is 7.65. The van der Waals surface area contributed by atoms with Crippen LogP contribution in [-0.2, 0) is 0 Å². The highest BCUT2D eigenvalue weighted by Crippen LogP contribution is 2.42. The molecule has 2 rings (SSSR count). The molecule has 0 aliphatic heterocycles. The number of amides is 1. The second kappa shape index (κ2) is 12.2. The van der Waals surface area contributed by atoms with Gasteiger partial charge in [0, 0.05) is 18.2 Å². The minimum atomic E-state index is -4.92. The Morgan fingerprint density at radius 1 is 0.972 bits per heavy atom. The van der Waals surface area contributed by atoms with Crippen LogP contribution in [0.5, 0.6) is 0 Å². The van der Waals surface area contributed by atoms with Gasteiger partial charge in [-0.3, -0.25) is 4.79 Å². The van der Waals surface area contributed by atoms with Crippen molar-refractivity contribution >= 4 is 58.1 Å². The third kappa shape index (κ3) is 8.69. The number of benzene rings is 2. The molecule has 36 heavy (non-hydrogen) atoms. The summed E-state index contributed by atoms with van der Waals surface area (Å²) in [6.45, 7) is -0.00395. The number of carbonyl (C=O) groups is 1. The number of carbonyl (C=O) groups excluding carboxylic acids is 1. The molecule has 0 radical (unpaired) electrons. The highest BCUT2D eigenvalue weighted by molar-refractivity contribution is 6.48. The van der Waals surface area contributed by atoms with Crippen LogP contribution < -0.4 is 10.6 Å². The average molecular weight is 600 g/mol. The van der Waals surface area contributed by atoms with Gasteiger partial charge < -0.3 is 10.6 Å². The first kappa shape index (κ1) is 30.5. The van der Waals surface area contributed by atoms with Crippen molar-refractivity contribution in [3.05, 3.63) is 73.2 Å². The van der Waals surface area contributed by atoms with Gasteiger partial charge in [0.2, 0.25) is 0 Å². The minimum absolute atomic E-state index is 0.153. The fourth-order valence-electron chi connectivity index (χ4n) is 3.01. The largest absolute Gasteiger partial charge is 0.401 e. The molecule has 0 aliphatic carbocycles. The molecule has 0 saturated carbocycles. The molecule has 1 amide bonds. The lowest BCUT2D eigenvalue weighted by Gasteiger charge is -2.19. The highest BCUT2D eigenvalue weighted by Gasteiger charge is 2.40. The molecule has 2 N–H and O–H groups in total. The third-order valence-corrected chi connectivity index (χ3v) is 6.18. The van der Waals surface area contributed by atoms with Crippen LogP contribution in [0.4, 0.5) is 30.7 Å². The molecular weight excluding hydrogens is 583 g/mol. The van der Waals surface area contributed by atoms with Crippen LogP contribution in [0.1, 0.15) is 34.3 Å². The molecule has 0 saturated heterocycles. The first-order chi connectivity index (χ1) is 16.5. The summed E-state index contributed by atoms with van der Waals surface area (Å²) in [5.74, 6) is -4.49. The molecule has 0 bridgehead atoms. The lowest BCUT2D eigenvalue weighted by molar-refractivity contribution is -0.139. The maximum atomic E-state index is 14.8. The van der Waals surface area contributed by atoms with Gasteiger partial charge in [-0.05, 0) is 42.8 Å². The van der Waals surface area contributed by atoms with Gasteiger partial charge in [-0.15, -0.1) is 0 Å². The number of halogens is 11. The van der Waals surface area contributed by atoms with Crippen molar-refractivity contribution in [3.63, 3.8) is 0 Å². The molecule has 0 spiro atoms. The minimum Gasteiger partial charge on any atom is -0.348 e. The van der Waals surface area contributed by atoms with E-state index >= 15 is 0 Å². The molecule has 0 aromatic heterocycles. The summed E-state index contributed by atoms with van der Waals surface area (Å²) >= 11 is 23.4. The zero-order valence-electron chi connectivity index (χ0n) is 18.1. The molecule has 0 fully saturated rings. The number of alkyl halides is 6. The van der Waals surface area contributed by atoms with E-state index in [-0.39, 0.29) is 37.8 Å². The van der Waals surface area contributed by atoms with Gasteiger partial charge in [0.05, 0.1) is 32.2 Å². The van der Waals surface area contributed by atoms with Crippen molar-refractivity contribution in [1.29, 1.82) is 0 Å². The molecule has 2 atom stereocenters. The third-order valence-electron chi connectivity index (χ3n) is 4.67. The van der Waals surface area contributed by atoms with Crippen molar-refractivity contribution < 1.29 is 35.5 Å². The van der Waals surface area contributed by atoms with Crippen LogP contribution in [0.3, 0.4) is 0 Å². The molecule has 2 unspecified atom stereocenters. The second-order valence-corrected chi connectivity index (χ2v) is 9.25. The van der Waals surface area contributed by atoms with Crippen LogP contribution in [0.25, 0.3) is 5.83 Å². The quantitative estimate of drug-likeness (QED) is 0.237. The molecule has 3 nitrogen and oxygen atoms in total. The van der Waals surface area contributed by atoms with Gasteiger partial charge in [-0.25, -0.2) is 4.39 Å². The van der Waals surface area contributed by atoms with E-state index in [0.29, 0.717) is 6.08 Å².